The highest BCUT2D eigenvalue weighted by molar-refractivity contribution is 6.39. The molecule has 2 rings (SSSR count). The van der Waals surface area contributed by atoms with Gasteiger partial charge >= 0.3 is 6.01 Å². The van der Waals surface area contributed by atoms with E-state index in [0.29, 0.717) is 5.69 Å². The molecule has 96 valence electrons. The second-order valence-electron chi connectivity index (χ2n) is 3.60. The minimum absolute atomic E-state index is 0.0812. The van der Waals surface area contributed by atoms with Crippen molar-refractivity contribution in [2.75, 3.05) is 5.32 Å². The molecule has 1 unspecified atom stereocenters. The molecule has 0 aliphatic carbocycles. The summed E-state index contributed by atoms with van der Waals surface area (Å²) in [4.78, 5) is 0. The number of rotatable bonds is 3. The fourth-order valence-corrected chi connectivity index (χ4v) is 1.79. The van der Waals surface area contributed by atoms with Gasteiger partial charge in [-0.2, -0.15) is 0 Å². The maximum absolute atomic E-state index is 13.0. The Morgan fingerprint density at radius 3 is 2.44 bits per heavy atom. The molecule has 3 N–H and O–H groups in total. The normalized spacial score (nSPS) is 12.5. The fourth-order valence-electron chi connectivity index (χ4n) is 1.24. The Kier molecular flexibility index (Phi) is 3.70. The van der Waals surface area contributed by atoms with Crippen LogP contribution in [0.1, 0.15) is 18.9 Å². The van der Waals surface area contributed by atoms with Crippen molar-refractivity contribution in [2.45, 2.75) is 13.0 Å². The molecule has 0 aliphatic heterocycles. The Hall–Kier alpha value is -1.37. The number of nitrogens with zero attached hydrogens (tertiary/aromatic N) is 2. The van der Waals surface area contributed by atoms with Crippen molar-refractivity contribution < 1.29 is 8.81 Å². The Morgan fingerprint density at radius 2 is 1.94 bits per heavy atom. The first kappa shape index (κ1) is 13.1. The molecule has 8 heteroatoms. The quantitative estimate of drug-likeness (QED) is 0.907. The van der Waals surface area contributed by atoms with Crippen LogP contribution >= 0.6 is 23.2 Å². The first-order chi connectivity index (χ1) is 8.47. The molecule has 1 heterocycles. The van der Waals surface area contributed by atoms with Gasteiger partial charge in [-0.1, -0.05) is 28.3 Å². The zero-order chi connectivity index (χ0) is 13.3. The molecule has 0 fully saturated rings. The van der Waals surface area contributed by atoms with Crippen molar-refractivity contribution in [3.8, 4) is 0 Å². The van der Waals surface area contributed by atoms with Gasteiger partial charge in [-0.15, -0.1) is 5.10 Å². The van der Waals surface area contributed by atoms with Crippen LogP contribution < -0.4 is 11.1 Å². The lowest BCUT2D eigenvalue weighted by Crippen LogP contribution is -2.04. The largest absolute Gasteiger partial charge is 0.406 e. The number of benzene rings is 1. The molecule has 0 saturated carbocycles. The van der Waals surface area contributed by atoms with Crippen molar-refractivity contribution >= 4 is 34.9 Å². The Bertz CT molecular complexity index is 550. The van der Waals surface area contributed by atoms with Crippen LogP contribution in [-0.2, 0) is 0 Å². The first-order valence-electron chi connectivity index (χ1n) is 4.98. The van der Waals surface area contributed by atoms with Crippen molar-refractivity contribution in [1.82, 2.24) is 10.2 Å². The number of hydrogen-bond donors (Lipinski definition) is 2. The summed E-state index contributed by atoms with van der Waals surface area (Å²) in [7, 11) is 0. The monoisotopic (exact) mass is 290 g/mol. The number of aromatic nitrogens is 2. The Labute approximate surface area is 112 Å². The fraction of sp³-hybridized carbons (Fsp3) is 0.200. The van der Waals surface area contributed by atoms with E-state index in [1.165, 1.54) is 0 Å². The molecular formula is C10H9Cl2FN4O. The third-order valence-corrected chi connectivity index (χ3v) is 2.67. The highest BCUT2D eigenvalue weighted by Gasteiger charge is 2.14. The highest BCUT2D eigenvalue weighted by atomic mass is 35.5. The van der Waals surface area contributed by atoms with Gasteiger partial charge in [-0.3, -0.25) is 0 Å². The van der Waals surface area contributed by atoms with Gasteiger partial charge in [0.2, 0.25) is 5.89 Å². The molecule has 1 aromatic carbocycles. The summed E-state index contributed by atoms with van der Waals surface area (Å²) in [5.74, 6) is -0.260. The van der Waals surface area contributed by atoms with Gasteiger partial charge in [0.1, 0.15) is 5.82 Å². The first-order valence-corrected chi connectivity index (χ1v) is 5.73. The molecule has 1 atom stereocenters. The van der Waals surface area contributed by atoms with E-state index in [-0.39, 0.29) is 28.0 Å². The zero-order valence-electron chi connectivity index (χ0n) is 9.25. The molecule has 0 spiro atoms. The summed E-state index contributed by atoms with van der Waals surface area (Å²) in [5.41, 5.74) is 5.87. The maximum Gasteiger partial charge on any atom is 0.320 e. The van der Waals surface area contributed by atoms with Crippen molar-refractivity contribution in [3.05, 3.63) is 33.9 Å². The topological polar surface area (TPSA) is 77.0 Å². The summed E-state index contributed by atoms with van der Waals surface area (Å²) in [6, 6.07) is 1.95. The second kappa shape index (κ2) is 5.09. The minimum atomic E-state index is -0.530. The Balaban J connectivity index is 2.28. The van der Waals surface area contributed by atoms with E-state index < -0.39 is 5.82 Å². The smallest absolute Gasteiger partial charge is 0.320 e. The molecule has 0 bridgehead atoms. The van der Waals surface area contributed by atoms with Crippen LogP contribution in [0.4, 0.5) is 16.1 Å². The van der Waals surface area contributed by atoms with Gasteiger partial charge in [0.25, 0.3) is 0 Å². The van der Waals surface area contributed by atoms with Gasteiger partial charge in [0, 0.05) is 0 Å². The van der Waals surface area contributed by atoms with Crippen LogP contribution in [0.5, 0.6) is 0 Å². The molecule has 18 heavy (non-hydrogen) atoms. The van der Waals surface area contributed by atoms with Gasteiger partial charge < -0.3 is 15.5 Å². The SMILES string of the molecule is CC(N)c1nnc(Nc2c(Cl)cc(F)cc2Cl)o1. The van der Waals surface area contributed by atoms with E-state index in [2.05, 4.69) is 15.5 Å². The lowest BCUT2D eigenvalue weighted by Gasteiger charge is -2.06. The summed E-state index contributed by atoms with van der Waals surface area (Å²) in [6.45, 7) is 1.70. The highest BCUT2D eigenvalue weighted by Crippen LogP contribution is 2.33. The van der Waals surface area contributed by atoms with Gasteiger partial charge in [0.15, 0.2) is 0 Å². The van der Waals surface area contributed by atoms with E-state index in [0.717, 1.165) is 12.1 Å². The zero-order valence-corrected chi connectivity index (χ0v) is 10.8. The maximum atomic E-state index is 13.0. The van der Waals surface area contributed by atoms with Crippen LogP contribution in [0.15, 0.2) is 16.5 Å². The number of anilines is 2. The van der Waals surface area contributed by atoms with Crippen LogP contribution in [0.2, 0.25) is 10.0 Å². The summed E-state index contributed by atoms with van der Waals surface area (Å²) >= 11 is 11.7. The van der Waals surface area contributed by atoms with E-state index in [1.54, 1.807) is 6.92 Å². The van der Waals surface area contributed by atoms with Crippen LogP contribution in [-0.4, -0.2) is 10.2 Å². The molecule has 0 amide bonds. The lowest BCUT2D eigenvalue weighted by molar-refractivity contribution is 0.475. The second-order valence-corrected chi connectivity index (χ2v) is 4.42. The number of hydrogen-bond acceptors (Lipinski definition) is 5. The summed E-state index contributed by atoms with van der Waals surface area (Å²) in [5, 5.41) is 10.4. The van der Waals surface area contributed by atoms with E-state index in [4.69, 9.17) is 33.4 Å². The third kappa shape index (κ3) is 2.72. The third-order valence-electron chi connectivity index (χ3n) is 2.07. The number of halogens is 3. The van der Waals surface area contributed by atoms with E-state index >= 15 is 0 Å². The van der Waals surface area contributed by atoms with Crippen LogP contribution in [0.25, 0.3) is 0 Å². The van der Waals surface area contributed by atoms with Gasteiger partial charge in [-0.05, 0) is 19.1 Å². The summed E-state index contributed by atoms with van der Waals surface area (Å²) < 4.78 is 18.2. The number of nitrogens with two attached hydrogens (primary N) is 1. The molecular weight excluding hydrogens is 282 g/mol. The average Bonchev–Trinajstić information content (AvgIpc) is 2.71. The average molecular weight is 291 g/mol. The van der Waals surface area contributed by atoms with E-state index in [9.17, 15) is 4.39 Å². The van der Waals surface area contributed by atoms with Crippen molar-refractivity contribution in [2.24, 2.45) is 5.73 Å². The predicted octanol–water partition coefficient (Wildman–Crippen LogP) is 3.28. The Morgan fingerprint density at radius 1 is 1.33 bits per heavy atom. The molecule has 0 radical (unpaired) electrons. The molecule has 0 saturated heterocycles. The molecule has 5 nitrogen and oxygen atoms in total. The van der Waals surface area contributed by atoms with Crippen molar-refractivity contribution in [1.29, 1.82) is 0 Å². The van der Waals surface area contributed by atoms with E-state index in [1.807, 2.05) is 0 Å². The molecule has 0 aliphatic rings. The molecule has 2 aromatic rings. The standard InChI is InChI=1S/C10H9Cl2FN4O/c1-4(14)9-16-17-10(18-9)15-8-6(11)2-5(13)3-7(8)12/h2-4H,14H2,1H3,(H,15,17). The summed E-state index contributed by atoms with van der Waals surface area (Å²) in [6.07, 6.45) is 0. The van der Waals surface area contributed by atoms with Crippen LogP contribution in [0.3, 0.4) is 0 Å². The van der Waals surface area contributed by atoms with Gasteiger partial charge in [-0.25, -0.2) is 4.39 Å². The lowest BCUT2D eigenvalue weighted by atomic mass is 10.3. The predicted molar refractivity (Wildman–Crippen MR) is 66.6 cm³/mol. The van der Waals surface area contributed by atoms with Crippen molar-refractivity contribution in [3.63, 3.8) is 0 Å². The molecule has 1 aromatic heterocycles. The van der Waals surface area contributed by atoms with Crippen LogP contribution in [0, 0.1) is 5.82 Å². The number of nitrogens with one attached hydrogen (secondary N) is 1. The minimum Gasteiger partial charge on any atom is -0.406 e. The van der Waals surface area contributed by atoms with Gasteiger partial charge in [0.05, 0.1) is 21.8 Å².